The summed E-state index contributed by atoms with van der Waals surface area (Å²) >= 11 is 0. The molecule has 0 heterocycles. The Balaban J connectivity index is 1.27. The Bertz CT molecular complexity index is 949. The van der Waals surface area contributed by atoms with Gasteiger partial charge in [-0.1, -0.05) is 95.9 Å². The number of rotatable bonds is 8. The highest BCUT2D eigenvalue weighted by Gasteiger charge is 2.59. The van der Waals surface area contributed by atoms with E-state index >= 15 is 0 Å². The Kier molecular flexibility index (Phi) is 7.94. The molecule has 206 valence electrons. The highest BCUT2D eigenvalue weighted by atomic mass is 28.4. The largest absolute Gasteiger partial charge is 0.410 e. The summed E-state index contributed by atoms with van der Waals surface area (Å²) in [4.78, 5) is 0. The van der Waals surface area contributed by atoms with Crippen LogP contribution in [-0.4, -0.2) is 14.4 Å². The van der Waals surface area contributed by atoms with Crippen molar-refractivity contribution in [1.29, 1.82) is 0 Å². The van der Waals surface area contributed by atoms with Gasteiger partial charge in [-0.3, -0.25) is 0 Å². The fraction of sp³-hybridized carbons (Fsp3) is 0.771. The van der Waals surface area contributed by atoms with Crippen molar-refractivity contribution in [3.8, 4) is 0 Å². The van der Waals surface area contributed by atoms with Gasteiger partial charge >= 0.3 is 0 Å². The number of hydrogen-bond donors (Lipinski definition) is 0. The van der Waals surface area contributed by atoms with E-state index in [1.807, 2.05) is 0 Å². The van der Waals surface area contributed by atoms with Gasteiger partial charge < -0.3 is 4.43 Å². The summed E-state index contributed by atoms with van der Waals surface area (Å²) in [6, 6.07) is 11.0. The zero-order valence-electron chi connectivity index (χ0n) is 25.2. The van der Waals surface area contributed by atoms with E-state index < -0.39 is 8.32 Å². The first kappa shape index (κ1) is 27.7. The standard InChI is InChI=1S/C35H56OSi/c1-25(2)12-11-13-26(3)31-18-19-32-30-17-16-27-24-28(36-37(6,7)29-14-9-8-10-15-29)20-22-34(27,4)33(30)21-23-35(31,32)5/h8-10,14-16,25-26,28,30-33H,11-13,17-24H2,1-7H3/t26-,28+,30+,31-,32+,33+,34+,35-/m1/s1. The SMILES string of the molecule is CC(C)CCC[C@@H](C)[C@H]1CC[C@H]2[C@@H]3CC=C4C[C@@H](O[Si](C)(C)c5ccccc5)CC[C@]4(C)[C@H]3CC[C@]12C. The molecule has 0 aliphatic heterocycles. The Hall–Kier alpha value is -0.863. The van der Waals surface area contributed by atoms with E-state index in [9.17, 15) is 0 Å². The summed E-state index contributed by atoms with van der Waals surface area (Å²) in [5.74, 6) is 5.50. The van der Waals surface area contributed by atoms with Gasteiger partial charge in [0.05, 0.1) is 0 Å². The molecule has 8 atom stereocenters. The number of allylic oxidation sites excluding steroid dienone is 1. The smallest absolute Gasteiger partial charge is 0.218 e. The lowest BCUT2D eigenvalue weighted by Gasteiger charge is -2.58. The van der Waals surface area contributed by atoms with Crippen LogP contribution in [0.2, 0.25) is 13.1 Å². The maximum Gasteiger partial charge on any atom is 0.218 e. The minimum Gasteiger partial charge on any atom is -0.410 e. The third kappa shape index (κ3) is 5.20. The average molecular weight is 521 g/mol. The summed E-state index contributed by atoms with van der Waals surface area (Å²) in [7, 11) is -1.87. The van der Waals surface area contributed by atoms with Crippen LogP contribution in [0.5, 0.6) is 0 Å². The molecule has 4 aliphatic carbocycles. The molecule has 0 unspecified atom stereocenters. The van der Waals surface area contributed by atoms with Gasteiger partial charge in [-0.2, -0.15) is 0 Å². The van der Waals surface area contributed by atoms with E-state index in [-0.39, 0.29) is 0 Å². The van der Waals surface area contributed by atoms with Gasteiger partial charge in [0, 0.05) is 6.10 Å². The molecule has 0 radical (unpaired) electrons. The fourth-order valence-electron chi connectivity index (χ4n) is 10.1. The predicted octanol–water partition coefficient (Wildman–Crippen LogP) is 9.53. The average Bonchev–Trinajstić information content (AvgIpc) is 3.22. The monoisotopic (exact) mass is 520 g/mol. The summed E-state index contributed by atoms with van der Waals surface area (Å²) in [5.41, 5.74) is 2.78. The molecular formula is C35H56OSi. The van der Waals surface area contributed by atoms with Gasteiger partial charge in [0.25, 0.3) is 0 Å². The molecule has 4 aliphatic rings. The maximum absolute atomic E-state index is 6.97. The van der Waals surface area contributed by atoms with E-state index in [1.54, 1.807) is 5.57 Å². The van der Waals surface area contributed by atoms with Crippen LogP contribution in [0, 0.1) is 46.3 Å². The van der Waals surface area contributed by atoms with Crippen molar-refractivity contribution in [2.24, 2.45) is 46.3 Å². The molecule has 0 bridgehead atoms. The van der Waals surface area contributed by atoms with Crippen LogP contribution >= 0.6 is 0 Å². The van der Waals surface area contributed by atoms with Crippen LogP contribution in [0.25, 0.3) is 0 Å². The van der Waals surface area contributed by atoms with Crippen molar-refractivity contribution in [3.63, 3.8) is 0 Å². The van der Waals surface area contributed by atoms with Crippen molar-refractivity contribution >= 4 is 13.5 Å². The number of hydrogen-bond acceptors (Lipinski definition) is 1. The number of benzene rings is 1. The van der Waals surface area contributed by atoms with Crippen molar-refractivity contribution in [1.82, 2.24) is 0 Å². The van der Waals surface area contributed by atoms with Crippen LogP contribution < -0.4 is 5.19 Å². The summed E-state index contributed by atoms with van der Waals surface area (Å²) in [6.07, 6.45) is 18.5. The topological polar surface area (TPSA) is 9.23 Å². The lowest BCUT2D eigenvalue weighted by Crippen LogP contribution is -2.52. The summed E-state index contributed by atoms with van der Waals surface area (Å²) < 4.78 is 6.97. The highest BCUT2D eigenvalue weighted by Crippen LogP contribution is 2.67. The minimum atomic E-state index is -1.87. The van der Waals surface area contributed by atoms with E-state index in [0.29, 0.717) is 16.9 Å². The summed E-state index contributed by atoms with van der Waals surface area (Å²) in [5, 5.41) is 1.43. The molecule has 3 fully saturated rings. The van der Waals surface area contributed by atoms with Gasteiger partial charge in [-0.05, 0) is 116 Å². The molecule has 0 N–H and O–H groups in total. The van der Waals surface area contributed by atoms with Crippen LogP contribution in [0.3, 0.4) is 0 Å². The normalized spacial score (nSPS) is 38.5. The first-order valence-corrected chi connectivity index (χ1v) is 18.9. The second kappa shape index (κ2) is 10.6. The van der Waals surface area contributed by atoms with E-state index in [0.717, 1.165) is 35.5 Å². The second-order valence-corrected chi connectivity index (χ2v) is 19.0. The van der Waals surface area contributed by atoms with E-state index in [2.05, 4.69) is 84.1 Å². The second-order valence-electron chi connectivity index (χ2n) is 15.1. The molecule has 0 amide bonds. The first-order valence-electron chi connectivity index (χ1n) is 16.0. The van der Waals surface area contributed by atoms with Gasteiger partial charge in [-0.15, -0.1) is 0 Å². The van der Waals surface area contributed by atoms with Gasteiger partial charge in [-0.25, -0.2) is 0 Å². The minimum absolute atomic E-state index is 0.411. The zero-order chi connectivity index (χ0) is 26.4. The first-order chi connectivity index (χ1) is 17.5. The van der Waals surface area contributed by atoms with Crippen LogP contribution in [0.4, 0.5) is 0 Å². The molecule has 0 saturated heterocycles. The Labute approximate surface area is 230 Å². The fourth-order valence-corrected chi connectivity index (χ4v) is 12.2. The van der Waals surface area contributed by atoms with E-state index in [1.165, 1.54) is 75.8 Å². The van der Waals surface area contributed by atoms with Crippen LogP contribution in [-0.2, 0) is 4.43 Å². The van der Waals surface area contributed by atoms with Crippen molar-refractivity contribution in [3.05, 3.63) is 42.0 Å². The molecular weight excluding hydrogens is 464 g/mol. The highest BCUT2D eigenvalue weighted by molar-refractivity contribution is 6.84. The molecule has 0 aromatic heterocycles. The zero-order valence-corrected chi connectivity index (χ0v) is 26.2. The molecule has 3 saturated carbocycles. The molecule has 5 rings (SSSR count). The molecule has 0 spiro atoms. The van der Waals surface area contributed by atoms with Gasteiger partial charge in [0.2, 0.25) is 8.32 Å². The Morgan fingerprint density at radius 1 is 0.919 bits per heavy atom. The molecule has 2 heteroatoms. The lowest BCUT2D eigenvalue weighted by molar-refractivity contribution is -0.0562. The molecule has 1 aromatic carbocycles. The predicted molar refractivity (Wildman–Crippen MR) is 161 cm³/mol. The Morgan fingerprint density at radius 3 is 2.41 bits per heavy atom. The molecule has 37 heavy (non-hydrogen) atoms. The van der Waals surface area contributed by atoms with Crippen molar-refractivity contribution < 1.29 is 4.43 Å². The molecule has 1 aromatic rings. The quantitative estimate of drug-likeness (QED) is 0.245. The van der Waals surface area contributed by atoms with Crippen LogP contribution in [0.1, 0.15) is 105 Å². The summed E-state index contributed by atoms with van der Waals surface area (Å²) in [6.45, 7) is 17.5. The van der Waals surface area contributed by atoms with Crippen molar-refractivity contribution in [2.75, 3.05) is 0 Å². The molecule has 1 nitrogen and oxygen atoms in total. The van der Waals surface area contributed by atoms with E-state index in [4.69, 9.17) is 4.43 Å². The third-order valence-corrected chi connectivity index (χ3v) is 14.8. The third-order valence-electron chi connectivity index (χ3n) is 12.2. The number of fused-ring (bicyclic) bond motifs is 5. The van der Waals surface area contributed by atoms with Gasteiger partial charge in [0.1, 0.15) is 0 Å². The maximum atomic E-state index is 6.97. The van der Waals surface area contributed by atoms with Crippen molar-refractivity contribution in [2.45, 2.75) is 124 Å². The lowest BCUT2D eigenvalue weighted by atomic mass is 9.47. The Morgan fingerprint density at radius 2 is 1.68 bits per heavy atom. The van der Waals surface area contributed by atoms with Gasteiger partial charge in [0.15, 0.2) is 0 Å². The van der Waals surface area contributed by atoms with Crippen LogP contribution in [0.15, 0.2) is 42.0 Å².